The first-order chi connectivity index (χ1) is 11.5. The first-order valence-corrected chi connectivity index (χ1v) is 7.41. The summed E-state index contributed by atoms with van der Waals surface area (Å²) in [7, 11) is 0. The number of carbonyl (C=O) groups excluding carboxylic acids is 2. The molecular weight excluding hydrogens is 310 g/mol. The number of fused-ring (bicyclic) bond motifs is 1. The standard InChI is InChI=1S/C18H15NO5/c20-15(12-5-3-4-11(8-12)9-16(21)22)10-19-17(23)13-6-1-2-7-14(13)18(19)24/h1-8,15,20H,9-10H2,(H,21,22). The van der Waals surface area contributed by atoms with E-state index in [9.17, 15) is 19.5 Å². The lowest BCUT2D eigenvalue weighted by Crippen LogP contribution is -2.33. The first-order valence-electron chi connectivity index (χ1n) is 7.41. The number of carboxylic acid groups (broad SMARTS) is 1. The number of β-amino-alcohol motifs (C(OH)–C–C–N with tert-alkyl or cyclic N) is 1. The number of hydrogen-bond donors (Lipinski definition) is 2. The van der Waals surface area contributed by atoms with Gasteiger partial charge in [0.05, 0.1) is 30.2 Å². The number of aliphatic hydroxyl groups excluding tert-OH is 1. The van der Waals surface area contributed by atoms with Gasteiger partial charge in [-0.2, -0.15) is 0 Å². The average molecular weight is 325 g/mol. The molecule has 2 N–H and O–H groups in total. The second kappa shape index (κ2) is 6.25. The molecule has 6 nitrogen and oxygen atoms in total. The average Bonchev–Trinajstić information content (AvgIpc) is 2.80. The van der Waals surface area contributed by atoms with Crippen molar-refractivity contribution < 1.29 is 24.6 Å². The van der Waals surface area contributed by atoms with Gasteiger partial charge in [-0.05, 0) is 23.3 Å². The van der Waals surface area contributed by atoms with Crippen molar-refractivity contribution in [2.75, 3.05) is 6.54 Å². The van der Waals surface area contributed by atoms with Crippen molar-refractivity contribution in [3.8, 4) is 0 Å². The highest BCUT2D eigenvalue weighted by molar-refractivity contribution is 6.21. The molecule has 1 unspecified atom stereocenters. The van der Waals surface area contributed by atoms with Crippen molar-refractivity contribution in [2.24, 2.45) is 0 Å². The summed E-state index contributed by atoms with van der Waals surface area (Å²) in [5.74, 6) is -1.84. The van der Waals surface area contributed by atoms with E-state index in [2.05, 4.69) is 0 Å². The zero-order chi connectivity index (χ0) is 17.3. The van der Waals surface area contributed by atoms with E-state index in [1.807, 2.05) is 0 Å². The number of rotatable bonds is 5. The Morgan fingerprint density at radius 2 is 1.62 bits per heavy atom. The fourth-order valence-corrected chi connectivity index (χ4v) is 2.77. The van der Waals surface area contributed by atoms with Crippen molar-refractivity contribution in [1.29, 1.82) is 0 Å². The van der Waals surface area contributed by atoms with Crippen LogP contribution in [0.2, 0.25) is 0 Å². The van der Waals surface area contributed by atoms with E-state index in [0.29, 0.717) is 22.3 Å². The maximum Gasteiger partial charge on any atom is 0.307 e. The summed E-state index contributed by atoms with van der Waals surface area (Å²) in [5.41, 5.74) is 1.66. The molecular formula is C18H15NO5. The minimum absolute atomic E-state index is 0.159. The molecule has 122 valence electrons. The molecule has 0 saturated carbocycles. The smallest absolute Gasteiger partial charge is 0.307 e. The van der Waals surface area contributed by atoms with Crippen LogP contribution in [0.3, 0.4) is 0 Å². The van der Waals surface area contributed by atoms with Gasteiger partial charge in [-0.25, -0.2) is 0 Å². The summed E-state index contributed by atoms with van der Waals surface area (Å²) >= 11 is 0. The van der Waals surface area contributed by atoms with E-state index in [0.717, 1.165) is 4.90 Å². The fourth-order valence-electron chi connectivity index (χ4n) is 2.77. The molecule has 0 aromatic heterocycles. The van der Waals surface area contributed by atoms with Crippen molar-refractivity contribution in [1.82, 2.24) is 4.90 Å². The minimum Gasteiger partial charge on any atom is -0.481 e. The third-order valence-electron chi connectivity index (χ3n) is 3.92. The topological polar surface area (TPSA) is 94.9 Å². The molecule has 24 heavy (non-hydrogen) atoms. The van der Waals surface area contributed by atoms with Gasteiger partial charge in [0, 0.05) is 0 Å². The van der Waals surface area contributed by atoms with Crippen LogP contribution in [0, 0.1) is 0 Å². The quantitative estimate of drug-likeness (QED) is 0.815. The van der Waals surface area contributed by atoms with Gasteiger partial charge in [-0.1, -0.05) is 36.4 Å². The molecule has 0 saturated heterocycles. The summed E-state index contributed by atoms with van der Waals surface area (Å²) in [4.78, 5) is 36.4. The van der Waals surface area contributed by atoms with E-state index in [4.69, 9.17) is 5.11 Å². The summed E-state index contributed by atoms with van der Waals surface area (Å²) in [6.45, 7) is -0.178. The van der Waals surface area contributed by atoms with Crippen molar-refractivity contribution in [3.05, 3.63) is 70.8 Å². The van der Waals surface area contributed by atoms with E-state index in [1.54, 1.807) is 48.5 Å². The molecule has 0 fully saturated rings. The van der Waals surface area contributed by atoms with E-state index >= 15 is 0 Å². The van der Waals surface area contributed by atoms with Crippen molar-refractivity contribution >= 4 is 17.8 Å². The lowest BCUT2D eigenvalue weighted by atomic mass is 10.0. The van der Waals surface area contributed by atoms with Gasteiger partial charge < -0.3 is 10.2 Å². The molecule has 3 rings (SSSR count). The van der Waals surface area contributed by atoms with Gasteiger partial charge in [0.1, 0.15) is 0 Å². The highest BCUT2D eigenvalue weighted by atomic mass is 16.4. The minimum atomic E-state index is -1.08. The van der Waals surface area contributed by atoms with Crippen LogP contribution in [0.5, 0.6) is 0 Å². The van der Waals surface area contributed by atoms with Crippen LogP contribution in [0.1, 0.15) is 37.9 Å². The Kier molecular flexibility index (Phi) is 4.14. The zero-order valence-electron chi connectivity index (χ0n) is 12.7. The third-order valence-corrected chi connectivity index (χ3v) is 3.92. The number of aliphatic carboxylic acids is 1. The van der Waals surface area contributed by atoms with Gasteiger partial charge in [0.15, 0.2) is 0 Å². The van der Waals surface area contributed by atoms with Gasteiger partial charge in [-0.15, -0.1) is 0 Å². The Labute approximate surface area is 138 Å². The molecule has 2 aromatic carbocycles. The Balaban J connectivity index is 1.79. The van der Waals surface area contributed by atoms with Crippen LogP contribution in [-0.2, 0) is 11.2 Å². The number of aliphatic hydroxyl groups is 1. The molecule has 1 aliphatic heterocycles. The normalized spacial score (nSPS) is 14.6. The summed E-state index contributed by atoms with van der Waals surface area (Å²) < 4.78 is 0. The molecule has 1 atom stereocenters. The van der Waals surface area contributed by atoms with E-state index < -0.39 is 23.9 Å². The molecule has 0 aliphatic carbocycles. The van der Waals surface area contributed by atoms with E-state index in [-0.39, 0.29) is 13.0 Å². The summed E-state index contributed by atoms with van der Waals surface area (Å²) in [6.07, 6.45) is -1.24. The molecule has 6 heteroatoms. The zero-order valence-corrected chi connectivity index (χ0v) is 12.7. The van der Waals surface area contributed by atoms with Crippen molar-refractivity contribution in [2.45, 2.75) is 12.5 Å². The van der Waals surface area contributed by atoms with Crippen LogP contribution >= 0.6 is 0 Å². The van der Waals surface area contributed by atoms with Gasteiger partial charge in [0.25, 0.3) is 11.8 Å². The number of imide groups is 1. The number of carboxylic acids is 1. The highest BCUT2D eigenvalue weighted by Gasteiger charge is 2.36. The second-order valence-corrected chi connectivity index (χ2v) is 5.60. The number of benzene rings is 2. The largest absolute Gasteiger partial charge is 0.481 e. The number of amides is 2. The maximum atomic E-state index is 12.3. The van der Waals surface area contributed by atoms with E-state index in [1.165, 1.54) is 0 Å². The molecule has 0 bridgehead atoms. The van der Waals surface area contributed by atoms with Crippen molar-refractivity contribution in [3.63, 3.8) is 0 Å². The van der Waals surface area contributed by atoms with Crippen LogP contribution in [-0.4, -0.2) is 39.4 Å². The molecule has 2 aromatic rings. The highest BCUT2D eigenvalue weighted by Crippen LogP contribution is 2.25. The fraction of sp³-hybridized carbons (Fsp3) is 0.167. The summed E-state index contributed by atoms with van der Waals surface area (Å²) in [6, 6.07) is 13.0. The van der Waals surface area contributed by atoms with Crippen LogP contribution in [0.15, 0.2) is 48.5 Å². The lowest BCUT2D eigenvalue weighted by Gasteiger charge is -2.19. The maximum absolute atomic E-state index is 12.3. The Bertz CT molecular complexity index is 795. The predicted octanol–water partition coefficient (Wildman–Crippen LogP) is 1.64. The van der Waals surface area contributed by atoms with Crippen LogP contribution < -0.4 is 0 Å². The SMILES string of the molecule is O=C(O)Cc1cccc(C(O)CN2C(=O)c3ccccc3C2=O)c1. The number of carbonyl (C=O) groups is 3. The Morgan fingerprint density at radius 1 is 1.00 bits per heavy atom. The Hall–Kier alpha value is -2.99. The van der Waals surface area contributed by atoms with Gasteiger partial charge >= 0.3 is 5.97 Å². The molecule has 0 radical (unpaired) electrons. The first kappa shape index (κ1) is 15.9. The number of hydrogen-bond acceptors (Lipinski definition) is 4. The molecule has 1 heterocycles. The molecule has 2 amide bonds. The summed E-state index contributed by atoms with van der Waals surface area (Å²) in [5, 5.41) is 19.2. The monoisotopic (exact) mass is 325 g/mol. The predicted molar refractivity (Wildman–Crippen MR) is 84.6 cm³/mol. The lowest BCUT2D eigenvalue weighted by molar-refractivity contribution is -0.136. The van der Waals surface area contributed by atoms with Gasteiger partial charge in [0.2, 0.25) is 0 Å². The van der Waals surface area contributed by atoms with Crippen LogP contribution in [0.25, 0.3) is 0 Å². The van der Waals surface area contributed by atoms with Crippen LogP contribution in [0.4, 0.5) is 0 Å². The van der Waals surface area contributed by atoms with Gasteiger partial charge in [-0.3, -0.25) is 19.3 Å². The Morgan fingerprint density at radius 3 is 2.21 bits per heavy atom. The molecule has 0 spiro atoms. The third kappa shape index (κ3) is 2.91. The molecule has 1 aliphatic rings. The number of nitrogens with zero attached hydrogens (tertiary/aromatic N) is 1. The second-order valence-electron chi connectivity index (χ2n) is 5.60.